The van der Waals surface area contributed by atoms with Crippen LogP contribution < -0.4 is 5.32 Å². The van der Waals surface area contributed by atoms with Crippen LogP contribution in [0.15, 0.2) is 60.9 Å². The maximum Gasteiger partial charge on any atom is 0.274 e. The SMILES string of the molecule is Cc1ccccc1[C@H](C)NC(=O)c1ncn2c(C)cc(-c3ccc(F)cc3)nc12. The molecule has 4 aromatic rings. The van der Waals surface area contributed by atoms with E-state index in [9.17, 15) is 9.18 Å². The maximum absolute atomic E-state index is 13.3. The highest BCUT2D eigenvalue weighted by Gasteiger charge is 2.19. The lowest BCUT2D eigenvalue weighted by atomic mass is 10.0. The second-order valence-electron chi connectivity index (χ2n) is 7.13. The van der Waals surface area contributed by atoms with Crippen molar-refractivity contribution in [2.75, 3.05) is 0 Å². The molecule has 4 rings (SSSR count). The van der Waals surface area contributed by atoms with E-state index in [0.717, 1.165) is 22.4 Å². The Morgan fingerprint density at radius 1 is 1.10 bits per heavy atom. The Hall–Kier alpha value is -3.54. The molecule has 0 aliphatic rings. The number of carbonyl (C=O) groups excluding carboxylic acids is 1. The van der Waals surface area contributed by atoms with Crippen LogP contribution in [0.1, 0.15) is 40.3 Å². The fourth-order valence-electron chi connectivity index (χ4n) is 3.46. The van der Waals surface area contributed by atoms with Crippen LogP contribution >= 0.6 is 0 Å². The monoisotopic (exact) mass is 388 g/mol. The van der Waals surface area contributed by atoms with Crippen molar-refractivity contribution in [1.29, 1.82) is 0 Å². The normalized spacial score (nSPS) is 12.1. The average molecular weight is 388 g/mol. The second-order valence-corrected chi connectivity index (χ2v) is 7.13. The molecule has 0 aliphatic carbocycles. The number of hydrogen-bond acceptors (Lipinski definition) is 3. The van der Waals surface area contributed by atoms with Gasteiger partial charge in [-0.05, 0) is 62.2 Å². The summed E-state index contributed by atoms with van der Waals surface area (Å²) < 4.78 is 15.0. The number of carbonyl (C=O) groups is 1. The summed E-state index contributed by atoms with van der Waals surface area (Å²) in [6.45, 7) is 5.88. The summed E-state index contributed by atoms with van der Waals surface area (Å²) in [5.74, 6) is -0.590. The fraction of sp³-hybridized carbons (Fsp3) is 0.174. The Labute approximate surface area is 168 Å². The first-order valence-electron chi connectivity index (χ1n) is 9.41. The van der Waals surface area contributed by atoms with E-state index < -0.39 is 0 Å². The number of nitrogens with zero attached hydrogens (tertiary/aromatic N) is 3. The molecule has 1 atom stereocenters. The number of imidazole rings is 1. The Kier molecular flexibility index (Phi) is 4.84. The van der Waals surface area contributed by atoms with E-state index >= 15 is 0 Å². The minimum atomic E-state index is -0.304. The zero-order valence-corrected chi connectivity index (χ0v) is 16.5. The molecule has 1 amide bonds. The quantitative estimate of drug-likeness (QED) is 0.554. The van der Waals surface area contributed by atoms with Gasteiger partial charge in [-0.25, -0.2) is 14.4 Å². The van der Waals surface area contributed by atoms with Crippen LogP contribution in [0, 0.1) is 19.7 Å². The molecular formula is C23H21FN4O. The molecule has 29 heavy (non-hydrogen) atoms. The highest BCUT2D eigenvalue weighted by Crippen LogP contribution is 2.22. The smallest absolute Gasteiger partial charge is 0.274 e. The van der Waals surface area contributed by atoms with Crippen molar-refractivity contribution in [2.24, 2.45) is 0 Å². The number of aromatic nitrogens is 3. The molecular weight excluding hydrogens is 367 g/mol. The molecule has 0 saturated carbocycles. The van der Waals surface area contributed by atoms with Gasteiger partial charge in [0, 0.05) is 11.3 Å². The number of nitrogens with one attached hydrogen (secondary N) is 1. The third-order valence-electron chi connectivity index (χ3n) is 5.05. The number of amides is 1. The van der Waals surface area contributed by atoms with Crippen LogP contribution in [0.25, 0.3) is 16.9 Å². The predicted octanol–water partition coefficient (Wildman–Crippen LogP) is 4.64. The molecule has 146 valence electrons. The largest absolute Gasteiger partial charge is 0.344 e. The molecule has 1 N–H and O–H groups in total. The van der Waals surface area contributed by atoms with Gasteiger partial charge in [0.2, 0.25) is 0 Å². The first-order valence-corrected chi connectivity index (χ1v) is 9.41. The third-order valence-corrected chi connectivity index (χ3v) is 5.05. The Morgan fingerprint density at radius 2 is 1.83 bits per heavy atom. The summed E-state index contributed by atoms with van der Waals surface area (Å²) in [6, 6.07) is 15.8. The summed E-state index contributed by atoms with van der Waals surface area (Å²) in [5.41, 5.74) is 5.22. The van der Waals surface area contributed by atoms with Crippen LogP contribution in [0.3, 0.4) is 0 Å². The summed E-state index contributed by atoms with van der Waals surface area (Å²) in [5, 5.41) is 3.01. The van der Waals surface area contributed by atoms with E-state index in [1.54, 1.807) is 22.9 Å². The molecule has 2 heterocycles. The van der Waals surface area contributed by atoms with Gasteiger partial charge in [0.15, 0.2) is 11.3 Å². The van der Waals surface area contributed by atoms with E-state index in [4.69, 9.17) is 0 Å². The summed E-state index contributed by atoms with van der Waals surface area (Å²) in [4.78, 5) is 21.9. The summed E-state index contributed by atoms with van der Waals surface area (Å²) in [6.07, 6.45) is 1.60. The molecule has 0 bridgehead atoms. The average Bonchev–Trinajstić information content (AvgIpc) is 3.13. The van der Waals surface area contributed by atoms with Crippen molar-refractivity contribution in [3.8, 4) is 11.3 Å². The molecule has 2 aromatic heterocycles. The van der Waals surface area contributed by atoms with Crippen molar-refractivity contribution in [3.05, 3.63) is 89.3 Å². The van der Waals surface area contributed by atoms with E-state index in [2.05, 4.69) is 15.3 Å². The Bertz CT molecular complexity index is 1200. The van der Waals surface area contributed by atoms with Crippen LogP contribution in [0.4, 0.5) is 4.39 Å². The van der Waals surface area contributed by atoms with E-state index in [1.807, 2.05) is 51.1 Å². The molecule has 2 aromatic carbocycles. The summed E-state index contributed by atoms with van der Waals surface area (Å²) >= 11 is 0. The lowest BCUT2D eigenvalue weighted by molar-refractivity contribution is 0.0937. The van der Waals surface area contributed by atoms with Gasteiger partial charge in [-0.1, -0.05) is 24.3 Å². The third kappa shape index (κ3) is 3.61. The van der Waals surface area contributed by atoms with Gasteiger partial charge in [0.1, 0.15) is 12.1 Å². The van der Waals surface area contributed by atoms with Crippen molar-refractivity contribution in [2.45, 2.75) is 26.8 Å². The van der Waals surface area contributed by atoms with Crippen molar-refractivity contribution < 1.29 is 9.18 Å². The number of hydrogen-bond donors (Lipinski definition) is 1. The van der Waals surface area contributed by atoms with Gasteiger partial charge in [0.25, 0.3) is 5.91 Å². The van der Waals surface area contributed by atoms with Crippen molar-refractivity contribution in [1.82, 2.24) is 19.7 Å². The molecule has 5 nitrogen and oxygen atoms in total. The highest BCUT2D eigenvalue weighted by atomic mass is 19.1. The van der Waals surface area contributed by atoms with E-state index in [-0.39, 0.29) is 23.5 Å². The van der Waals surface area contributed by atoms with Crippen molar-refractivity contribution in [3.63, 3.8) is 0 Å². The number of fused-ring (bicyclic) bond motifs is 1. The minimum Gasteiger partial charge on any atom is -0.344 e. The second kappa shape index (κ2) is 7.47. The zero-order valence-electron chi connectivity index (χ0n) is 16.5. The Morgan fingerprint density at radius 3 is 2.55 bits per heavy atom. The van der Waals surface area contributed by atoms with Crippen molar-refractivity contribution >= 4 is 11.6 Å². The highest BCUT2D eigenvalue weighted by molar-refractivity contribution is 5.98. The van der Waals surface area contributed by atoms with Gasteiger partial charge in [-0.2, -0.15) is 0 Å². The van der Waals surface area contributed by atoms with Crippen LogP contribution in [0.2, 0.25) is 0 Å². The number of benzene rings is 2. The first-order chi connectivity index (χ1) is 13.9. The standard InChI is InChI=1S/C23H21FN4O/c1-14-6-4-5-7-19(14)16(3)26-23(29)21-22-27-20(12-15(2)28(22)13-25-21)17-8-10-18(24)11-9-17/h4-13,16H,1-3H3,(H,26,29)/t16-/m0/s1. The zero-order chi connectivity index (χ0) is 20.5. The number of aryl methyl sites for hydroxylation is 2. The first kappa shape index (κ1) is 18.8. The topological polar surface area (TPSA) is 59.3 Å². The molecule has 0 fully saturated rings. The van der Waals surface area contributed by atoms with Gasteiger partial charge >= 0.3 is 0 Å². The lowest BCUT2D eigenvalue weighted by Gasteiger charge is -2.16. The van der Waals surface area contributed by atoms with Crippen LogP contribution in [0.5, 0.6) is 0 Å². The lowest BCUT2D eigenvalue weighted by Crippen LogP contribution is -2.27. The van der Waals surface area contributed by atoms with Gasteiger partial charge < -0.3 is 5.32 Å². The molecule has 0 unspecified atom stereocenters. The van der Waals surface area contributed by atoms with E-state index in [1.165, 1.54) is 12.1 Å². The number of rotatable bonds is 4. The van der Waals surface area contributed by atoms with E-state index in [0.29, 0.717) is 11.3 Å². The molecule has 0 saturated heterocycles. The Balaban J connectivity index is 1.69. The maximum atomic E-state index is 13.3. The molecule has 0 spiro atoms. The van der Waals surface area contributed by atoms with Gasteiger partial charge in [-0.3, -0.25) is 9.20 Å². The number of halogens is 1. The minimum absolute atomic E-state index is 0.165. The summed E-state index contributed by atoms with van der Waals surface area (Å²) in [7, 11) is 0. The van der Waals surface area contributed by atoms with Gasteiger partial charge in [0.05, 0.1) is 11.7 Å². The molecule has 6 heteroatoms. The van der Waals surface area contributed by atoms with Crippen LogP contribution in [-0.2, 0) is 0 Å². The van der Waals surface area contributed by atoms with Crippen LogP contribution in [-0.4, -0.2) is 20.3 Å². The predicted molar refractivity (Wildman–Crippen MR) is 110 cm³/mol. The fourth-order valence-corrected chi connectivity index (χ4v) is 3.46. The molecule has 0 radical (unpaired) electrons. The molecule has 0 aliphatic heterocycles. The van der Waals surface area contributed by atoms with Gasteiger partial charge in [-0.15, -0.1) is 0 Å².